The first-order valence-electron chi connectivity index (χ1n) is 10.7. The minimum absolute atomic E-state index is 0. The number of hydrogen-bond acceptors (Lipinski definition) is 10. The summed E-state index contributed by atoms with van der Waals surface area (Å²) in [5.41, 5.74) is 0. The van der Waals surface area contributed by atoms with Crippen molar-refractivity contribution in [1.82, 2.24) is 0 Å². The van der Waals surface area contributed by atoms with Crippen molar-refractivity contribution in [2.75, 3.05) is 66.1 Å². The molecular formula is C22H46O10Rf2-4. The van der Waals surface area contributed by atoms with E-state index in [9.17, 15) is 10.2 Å². The third kappa shape index (κ3) is 40.0. The van der Waals surface area contributed by atoms with E-state index in [0.717, 1.165) is 12.8 Å². The zero-order valence-electron chi connectivity index (χ0n) is 21.1. The Bertz CT molecular complexity index is 301. The minimum Gasteiger partial charge on any atom is -0.553 e. The van der Waals surface area contributed by atoms with Crippen LogP contribution in [-0.2, 0) is 28.4 Å². The van der Waals surface area contributed by atoms with Crippen molar-refractivity contribution in [2.45, 2.75) is 50.9 Å². The maximum Gasteiger partial charge on any atom is 0.0976 e. The van der Waals surface area contributed by atoms with Crippen molar-refractivity contribution in [3.63, 3.8) is 0 Å². The molecule has 0 aliphatic heterocycles. The molecule has 34 heavy (non-hydrogen) atoms. The Hall–Kier alpha value is -2.40. The van der Waals surface area contributed by atoms with Gasteiger partial charge >= 0.3 is 0 Å². The molecule has 202 valence electrons. The minimum atomic E-state index is -0.649. The van der Waals surface area contributed by atoms with Crippen molar-refractivity contribution in [1.29, 1.82) is 0 Å². The monoisotopic (exact) mass is 1000 g/mol. The second kappa shape index (κ2) is 37.9. The van der Waals surface area contributed by atoms with E-state index < -0.39 is 18.3 Å². The van der Waals surface area contributed by atoms with E-state index in [2.05, 4.69) is 42.5 Å². The van der Waals surface area contributed by atoms with E-state index in [-0.39, 0.29) is 39.6 Å². The Morgan fingerprint density at radius 3 is 1.29 bits per heavy atom. The van der Waals surface area contributed by atoms with Gasteiger partial charge in [-0.1, -0.05) is 0 Å². The SMILES string of the molecule is [CH2-]C.[CH2-]OCC(O)CCOCCCCOCCC(O)CO[CH2-].[CH2-]OCC(O)COCCO.[Rf].[Rf]. The van der Waals surface area contributed by atoms with Crippen LogP contribution in [0, 0.1) is 28.3 Å². The van der Waals surface area contributed by atoms with Crippen LogP contribution in [0.25, 0.3) is 0 Å². The summed E-state index contributed by atoms with van der Waals surface area (Å²) in [5.74, 6) is 0. The maximum atomic E-state index is 9.33. The Morgan fingerprint density at radius 2 is 0.941 bits per heavy atom. The molecule has 12 heteroatoms. The van der Waals surface area contributed by atoms with Crippen molar-refractivity contribution in [2.24, 2.45) is 0 Å². The summed E-state index contributed by atoms with van der Waals surface area (Å²) >= 11 is 0. The second-order valence-electron chi connectivity index (χ2n) is 6.38. The van der Waals surface area contributed by atoms with Crippen LogP contribution in [0.15, 0.2) is 0 Å². The molecule has 0 aromatic rings. The molecule has 0 aliphatic rings. The molecule has 3 unspecified atom stereocenters. The fourth-order valence-electron chi connectivity index (χ4n) is 1.96. The first-order valence-corrected chi connectivity index (χ1v) is 10.7. The fraction of sp³-hybridized carbons (Fsp3) is 0.818. The summed E-state index contributed by atoms with van der Waals surface area (Å²) in [6, 6.07) is 0. The summed E-state index contributed by atoms with van der Waals surface area (Å²) in [6.45, 7) is 8.36. The van der Waals surface area contributed by atoms with Crippen LogP contribution in [0.1, 0.15) is 32.6 Å². The summed E-state index contributed by atoms with van der Waals surface area (Å²) < 4.78 is 29.1. The summed E-state index contributed by atoms with van der Waals surface area (Å²) in [7, 11) is 9.49. The van der Waals surface area contributed by atoms with Gasteiger partial charge in [-0.15, -0.1) is 0 Å². The normalized spacial score (nSPS) is 12.6. The van der Waals surface area contributed by atoms with Crippen LogP contribution in [0.4, 0.5) is 0 Å². The molecule has 0 amide bonds. The molecular weight excluding hydrogens is 958 g/mol. The predicted octanol–water partition coefficient (Wildman–Crippen LogP) is 0.923. The van der Waals surface area contributed by atoms with Crippen molar-refractivity contribution in [3.05, 3.63) is 28.3 Å². The molecule has 0 fully saturated rings. The first-order chi connectivity index (χ1) is 15.5. The molecule has 4 N–H and O–H groups in total. The van der Waals surface area contributed by atoms with Crippen LogP contribution in [-0.4, -0.2) is 105 Å². The molecule has 0 aromatic heterocycles. The van der Waals surface area contributed by atoms with Crippen molar-refractivity contribution >= 4 is 0 Å². The number of aliphatic hydroxyl groups excluding tert-OH is 4. The summed E-state index contributed by atoms with van der Waals surface area (Å²) in [6.07, 6.45) is 1.26. The molecule has 0 rings (SSSR count). The van der Waals surface area contributed by atoms with Gasteiger partial charge in [-0.2, -0.15) is 6.92 Å². The van der Waals surface area contributed by atoms with Crippen LogP contribution in [0.2, 0.25) is 0 Å². The molecule has 0 saturated carbocycles. The molecule has 0 aromatic carbocycles. The average molecular weight is 1000 g/mol. The molecule has 0 bridgehead atoms. The number of unbranched alkanes of at least 4 members (excludes halogenated alkanes) is 1. The van der Waals surface area contributed by atoms with E-state index >= 15 is 0 Å². The van der Waals surface area contributed by atoms with Gasteiger partial charge < -0.3 is 55.8 Å². The van der Waals surface area contributed by atoms with Gasteiger partial charge in [0.15, 0.2) is 0 Å². The van der Waals surface area contributed by atoms with Gasteiger partial charge in [-0.25, -0.2) is 21.3 Å². The van der Waals surface area contributed by atoms with Crippen LogP contribution in [0.3, 0.4) is 0 Å². The largest absolute Gasteiger partial charge is 0.553 e. The zero-order chi connectivity index (χ0) is 24.9. The van der Waals surface area contributed by atoms with Crippen LogP contribution >= 0.6 is 0 Å². The van der Waals surface area contributed by atoms with Gasteiger partial charge in [0.2, 0.25) is 0 Å². The van der Waals surface area contributed by atoms with Gasteiger partial charge in [0.25, 0.3) is 0 Å². The molecule has 10 nitrogen and oxygen atoms in total. The molecule has 3 atom stereocenters. The molecule has 0 heterocycles. The number of hydrogen-bond donors (Lipinski definition) is 4. The maximum absolute atomic E-state index is 9.33. The van der Waals surface area contributed by atoms with Gasteiger partial charge in [0, 0.05) is 46.2 Å². The van der Waals surface area contributed by atoms with Crippen LogP contribution in [0.5, 0.6) is 0 Å². The molecule has 0 aliphatic carbocycles. The van der Waals surface area contributed by atoms with Gasteiger partial charge in [0.1, 0.15) is 0 Å². The summed E-state index contributed by atoms with van der Waals surface area (Å²) in [5, 5.41) is 35.8. The van der Waals surface area contributed by atoms with Gasteiger partial charge in [0.05, 0.1) is 38.1 Å². The zero-order valence-corrected chi connectivity index (χ0v) is 33.9. The van der Waals surface area contributed by atoms with E-state index in [1.165, 1.54) is 0 Å². The number of ether oxygens (including phenoxy) is 6. The first kappa shape index (κ1) is 41.8. The predicted molar refractivity (Wildman–Crippen MR) is 121 cm³/mol. The van der Waals surface area contributed by atoms with E-state index in [0.29, 0.717) is 39.3 Å². The van der Waals surface area contributed by atoms with E-state index in [1.54, 1.807) is 6.92 Å². The Morgan fingerprint density at radius 1 is 0.559 bits per heavy atom. The molecule has 0 saturated heterocycles. The van der Waals surface area contributed by atoms with Crippen LogP contribution < -0.4 is 0 Å². The van der Waals surface area contributed by atoms with E-state index in [1.807, 2.05) is 0 Å². The standard InChI is InChI=1S/C14H28O6.C6H13O4.C2H5.2Rf/c1-17-11-13(15)5-9-19-7-3-4-8-20-10-6-14(16)12-18-2;1-9-4-6(8)5-10-3-2-7;1-2;;/h13-16H,1-12H2;6-8H,1-5H2;1H2,2H3;;/q-2;2*-1;;. The van der Waals surface area contributed by atoms with E-state index in [4.69, 9.17) is 24.4 Å². The third-order valence-electron chi connectivity index (χ3n) is 3.49. The molecule has 0 spiro atoms. The van der Waals surface area contributed by atoms with Gasteiger partial charge in [-0.3, -0.25) is 0 Å². The fourth-order valence-corrected chi connectivity index (χ4v) is 1.96. The quantitative estimate of drug-likeness (QED) is 0.0973. The Balaban J connectivity index is -0.000000170. The Kier molecular flexibility index (Phi) is 46.6. The Labute approximate surface area is 194 Å². The number of rotatable bonds is 21. The third-order valence-corrected chi connectivity index (χ3v) is 3.49. The topological polar surface area (TPSA) is 136 Å². The smallest absolute Gasteiger partial charge is 0.0976 e. The van der Waals surface area contributed by atoms with Crippen molar-refractivity contribution in [3.8, 4) is 0 Å². The average Bonchev–Trinajstić information content (AvgIpc) is 2.77. The van der Waals surface area contributed by atoms with Crippen molar-refractivity contribution < 1.29 is 48.8 Å². The second-order valence-corrected chi connectivity index (χ2v) is 6.38. The molecule has 0 radical (unpaired) electrons. The van der Waals surface area contributed by atoms with Gasteiger partial charge in [-0.05, 0) is 25.7 Å². The summed E-state index contributed by atoms with van der Waals surface area (Å²) in [4.78, 5) is 0. The number of aliphatic hydroxyl groups is 4.